The van der Waals surface area contributed by atoms with Crippen LogP contribution in [0.2, 0.25) is 0 Å². The lowest BCUT2D eigenvalue weighted by molar-refractivity contribution is -0.138. The van der Waals surface area contributed by atoms with E-state index in [4.69, 9.17) is 0 Å². The predicted octanol–water partition coefficient (Wildman–Crippen LogP) is 3.51. The van der Waals surface area contributed by atoms with E-state index >= 15 is 0 Å². The zero-order chi connectivity index (χ0) is 24.5. The average Bonchev–Trinajstić information content (AvgIpc) is 3.19. The number of aliphatic carboxylic acids is 1. The van der Waals surface area contributed by atoms with Gasteiger partial charge in [-0.05, 0) is 59.9 Å². The van der Waals surface area contributed by atoms with Crippen molar-refractivity contribution in [2.75, 3.05) is 7.05 Å². The van der Waals surface area contributed by atoms with Crippen molar-refractivity contribution < 1.29 is 18.3 Å². The van der Waals surface area contributed by atoms with Gasteiger partial charge >= 0.3 is 5.97 Å². The third-order valence-electron chi connectivity index (χ3n) is 6.03. The fourth-order valence-electron chi connectivity index (χ4n) is 3.98. The Balaban J connectivity index is 1.59. The highest BCUT2D eigenvalue weighted by molar-refractivity contribution is 7.89. The van der Waals surface area contributed by atoms with Crippen LogP contribution < -0.4 is 0 Å². The minimum Gasteiger partial charge on any atom is -0.481 e. The van der Waals surface area contributed by atoms with Gasteiger partial charge in [-0.25, -0.2) is 13.1 Å². The van der Waals surface area contributed by atoms with Crippen LogP contribution in [0.1, 0.15) is 28.2 Å². The van der Waals surface area contributed by atoms with Gasteiger partial charge in [-0.2, -0.15) is 4.31 Å². The minimum atomic E-state index is -3.64. The number of rotatable bonds is 8. The van der Waals surface area contributed by atoms with Gasteiger partial charge in [-0.1, -0.05) is 47.7 Å². The molecule has 4 rings (SSSR count). The van der Waals surface area contributed by atoms with Crippen molar-refractivity contribution in [2.45, 2.75) is 30.7 Å². The summed E-state index contributed by atoms with van der Waals surface area (Å²) in [4.78, 5) is 12.4. The number of carbonyl (C=O) groups is 1. The Kier molecular flexibility index (Phi) is 6.49. The number of hydrogen-bond donors (Lipinski definition) is 1. The van der Waals surface area contributed by atoms with Gasteiger partial charge in [0, 0.05) is 20.6 Å². The third-order valence-corrected chi connectivity index (χ3v) is 7.85. The van der Waals surface area contributed by atoms with Crippen molar-refractivity contribution >= 4 is 27.0 Å². The number of benzene rings is 3. The highest BCUT2D eigenvalue weighted by Gasteiger charge is 2.24. The van der Waals surface area contributed by atoms with E-state index in [0.29, 0.717) is 11.1 Å². The number of fused-ring (bicyclic) bond motifs is 1. The predicted molar refractivity (Wildman–Crippen MR) is 129 cm³/mol. The molecule has 9 heteroatoms. The summed E-state index contributed by atoms with van der Waals surface area (Å²) in [6.07, 6.45) is 0.267. The second-order valence-electron chi connectivity index (χ2n) is 8.39. The zero-order valence-corrected chi connectivity index (χ0v) is 20.0. The molecule has 3 aromatic carbocycles. The summed E-state index contributed by atoms with van der Waals surface area (Å²) in [5, 5.41) is 18.0. The second-order valence-corrected chi connectivity index (χ2v) is 10.4. The highest BCUT2D eigenvalue weighted by Crippen LogP contribution is 2.26. The molecule has 1 heterocycles. The topological polar surface area (TPSA) is 105 Å². The molecule has 0 saturated heterocycles. The van der Waals surface area contributed by atoms with Crippen LogP contribution in [0.4, 0.5) is 0 Å². The molecule has 0 amide bonds. The van der Waals surface area contributed by atoms with E-state index in [1.807, 2.05) is 31.2 Å². The van der Waals surface area contributed by atoms with Gasteiger partial charge in [0.1, 0.15) is 5.52 Å². The summed E-state index contributed by atoms with van der Waals surface area (Å²) in [6, 6.07) is 19.4. The van der Waals surface area contributed by atoms with E-state index in [0.717, 1.165) is 22.2 Å². The molecule has 0 aliphatic carbocycles. The summed E-state index contributed by atoms with van der Waals surface area (Å²) < 4.78 is 28.8. The molecular weight excluding hydrogens is 452 g/mol. The molecule has 1 aromatic heterocycles. The number of hydrogen-bond acceptors (Lipinski definition) is 5. The van der Waals surface area contributed by atoms with Gasteiger partial charge in [-0.15, -0.1) is 5.10 Å². The third kappa shape index (κ3) is 4.71. The molecule has 0 spiro atoms. The van der Waals surface area contributed by atoms with Crippen LogP contribution in [-0.2, 0) is 34.8 Å². The number of nitrogens with zero attached hydrogens (tertiary/aromatic N) is 4. The van der Waals surface area contributed by atoms with Crippen LogP contribution in [0.3, 0.4) is 0 Å². The Labute approximate surface area is 198 Å². The number of carboxylic acids is 1. The Bertz CT molecular complexity index is 1450. The second kappa shape index (κ2) is 9.36. The van der Waals surface area contributed by atoms with Gasteiger partial charge in [0.15, 0.2) is 0 Å². The van der Waals surface area contributed by atoms with E-state index in [-0.39, 0.29) is 17.9 Å². The van der Waals surface area contributed by atoms with E-state index < -0.39 is 21.9 Å². The van der Waals surface area contributed by atoms with Crippen LogP contribution in [-0.4, -0.2) is 45.8 Å². The summed E-state index contributed by atoms with van der Waals surface area (Å²) in [5.74, 6) is -1.71. The molecule has 4 aromatic rings. The van der Waals surface area contributed by atoms with Crippen molar-refractivity contribution in [1.29, 1.82) is 0 Å². The number of aromatic nitrogens is 3. The smallest absolute Gasteiger partial charge is 0.311 e. The largest absolute Gasteiger partial charge is 0.481 e. The van der Waals surface area contributed by atoms with Gasteiger partial charge in [0.05, 0.1) is 16.3 Å². The molecule has 8 nitrogen and oxygen atoms in total. The van der Waals surface area contributed by atoms with Crippen molar-refractivity contribution in [3.63, 3.8) is 0 Å². The number of sulfonamides is 1. The molecule has 0 aliphatic heterocycles. The average molecular weight is 479 g/mol. The van der Waals surface area contributed by atoms with E-state index in [1.54, 1.807) is 61.2 Å². The first-order chi connectivity index (χ1) is 16.2. The Morgan fingerprint density at radius 3 is 2.53 bits per heavy atom. The van der Waals surface area contributed by atoms with Crippen LogP contribution in [0.5, 0.6) is 0 Å². The standard InChI is InChI=1S/C25H26N4O4S/c1-17-9-10-18(13-20(17)16-28(2)34(32,33)21-7-5-4-6-8-21)14-22(25(30)31)19-11-12-24-23(15-19)26-27-29(24)3/h4-13,15,22H,14,16H2,1-3H3,(H,30,31). The van der Waals surface area contributed by atoms with E-state index in [9.17, 15) is 18.3 Å². The van der Waals surface area contributed by atoms with Crippen molar-refractivity contribution in [2.24, 2.45) is 7.05 Å². The SMILES string of the molecule is Cc1ccc(CC(C(=O)O)c2ccc3c(c2)nnn3C)cc1CN(C)S(=O)(=O)c1ccccc1. The van der Waals surface area contributed by atoms with Gasteiger partial charge < -0.3 is 5.11 Å². The van der Waals surface area contributed by atoms with Crippen LogP contribution >= 0.6 is 0 Å². The Morgan fingerprint density at radius 2 is 1.82 bits per heavy atom. The maximum Gasteiger partial charge on any atom is 0.311 e. The molecular formula is C25H26N4O4S. The normalized spacial score (nSPS) is 12.8. The quantitative estimate of drug-likeness (QED) is 0.416. The summed E-state index contributed by atoms with van der Waals surface area (Å²) in [7, 11) is -0.310. The highest BCUT2D eigenvalue weighted by atomic mass is 32.2. The van der Waals surface area contributed by atoms with E-state index in [2.05, 4.69) is 10.3 Å². The van der Waals surface area contributed by atoms with Crippen LogP contribution in [0, 0.1) is 6.92 Å². The first kappa shape index (κ1) is 23.6. The molecule has 0 fully saturated rings. The van der Waals surface area contributed by atoms with Gasteiger partial charge in [-0.3, -0.25) is 4.79 Å². The maximum atomic E-state index is 12.9. The molecule has 1 atom stereocenters. The zero-order valence-electron chi connectivity index (χ0n) is 19.2. The molecule has 1 unspecified atom stereocenters. The van der Waals surface area contributed by atoms with Crippen molar-refractivity contribution in [3.05, 3.63) is 89.0 Å². The number of carboxylic acid groups (broad SMARTS) is 1. The van der Waals surface area contributed by atoms with Gasteiger partial charge in [0.2, 0.25) is 10.0 Å². The van der Waals surface area contributed by atoms with Gasteiger partial charge in [0.25, 0.3) is 0 Å². The lowest BCUT2D eigenvalue weighted by atomic mass is 9.90. The number of aryl methyl sites for hydroxylation is 2. The van der Waals surface area contributed by atoms with Crippen LogP contribution in [0.25, 0.3) is 11.0 Å². The monoisotopic (exact) mass is 478 g/mol. The Morgan fingerprint density at radius 1 is 1.09 bits per heavy atom. The summed E-state index contributed by atoms with van der Waals surface area (Å²) >= 11 is 0. The lowest BCUT2D eigenvalue weighted by Gasteiger charge is -2.20. The van der Waals surface area contributed by atoms with Crippen LogP contribution in [0.15, 0.2) is 71.6 Å². The molecule has 0 aliphatic rings. The summed E-state index contributed by atoms with van der Waals surface area (Å²) in [5.41, 5.74) is 4.70. The fraction of sp³-hybridized carbons (Fsp3) is 0.240. The van der Waals surface area contributed by atoms with E-state index in [1.165, 1.54) is 4.31 Å². The Hall–Kier alpha value is -3.56. The first-order valence-corrected chi connectivity index (χ1v) is 12.2. The maximum absolute atomic E-state index is 12.9. The molecule has 176 valence electrons. The van der Waals surface area contributed by atoms with Crippen molar-refractivity contribution in [1.82, 2.24) is 19.3 Å². The molecule has 34 heavy (non-hydrogen) atoms. The minimum absolute atomic E-state index is 0.181. The van der Waals surface area contributed by atoms with Crippen molar-refractivity contribution in [3.8, 4) is 0 Å². The molecule has 1 N–H and O–H groups in total. The fourth-order valence-corrected chi connectivity index (χ4v) is 5.15. The molecule has 0 saturated carbocycles. The molecule has 0 bridgehead atoms. The first-order valence-electron chi connectivity index (χ1n) is 10.8. The lowest BCUT2D eigenvalue weighted by Crippen LogP contribution is -2.27. The summed E-state index contributed by atoms with van der Waals surface area (Å²) in [6.45, 7) is 2.10. The molecule has 0 radical (unpaired) electrons.